The van der Waals surface area contributed by atoms with E-state index in [0.29, 0.717) is 17.2 Å². The third kappa shape index (κ3) is 4.94. The van der Waals surface area contributed by atoms with E-state index in [2.05, 4.69) is 40.1 Å². The highest BCUT2D eigenvalue weighted by molar-refractivity contribution is 7.14. The van der Waals surface area contributed by atoms with Crippen LogP contribution in [0.15, 0.2) is 60.0 Å². The maximum atomic E-state index is 12.7. The lowest BCUT2D eigenvalue weighted by Crippen LogP contribution is -2.28. The fourth-order valence-electron chi connectivity index (χ4n) is 3.74. The maximum Gasteiger partial charge on any atom is 0.312 e. The first kappa shape index (κ1) is 23.1. The molecule has 2 aromatic carbocycles. The van der Waals surface area contributed by atoms with Crippen molar-refractivity contribution in [1.29, 1.82) is 0 Å². The van der Waals surface area contributed by atoms with E-state index in [1.807, 2.05) is 29.6 Å². The first-order valence-electron chi connectivity index (χ1n) is 10.6. The lowest BCUT2D eigenvalue weighted by Gasteiger charge is -2.10. The predicted octanol–water partition coefficient (Wildman–Crippen LogP) is 4.65. The van der Waals surface area contributed by atoms with E-state index in [-0.39, 0.29) is 5.91 Å². The largest absolute Gasteiger partial charge is 0.497 e. The molecule has 4 aromatic rings. The number of hydrogen-bond donors (Lipinski definition) is 3. The summed E-state index contributed by atoms with van der Waals surface area (Å²) in [6.45, 7) is 4.42. The summed E-state index contributed by atoms with van der Waals surface area (Å²) in [5, 5.41) is 7.84. The van der Waals surface area contributed by atoms with E-state index >= 15 is 0 Å². The summed E-state index contributed by atoms with van der Waals surface area (Å²) < 4.78 is 7.43. The summed E-state index contributed by atoms with van der Waals surface area (Å²) >= 11 is 1.38. The number of anilines is 1. The maximum absolute atomic E-state index is 12.7. The highest BCUT2D eigenvalue weighted by Gasteiger charge is 2.16. The van der Waals surface area contributed by atoms with Crippen LogP contribution in [-0.2, 0) is 6.54 Å². The van der Waals surface area contributed by atoms with Gasteiger partial charge in [0.2, 0.25) is 0 Å². The van der Waals surface area contributed by atoms with Gasteiger partial charge in [-0.3, -0.25) is 10.1 Å². The van der Waals surface area contributed by atoms with Crippen LogP contribution in [0.25, 0.3) is 16.9 Å². The number of methoxy groups -OCH3 is 1. The van der Waals surface area contributed by atoms with E-state index in [1.54, 1.807) is 31.4 Å². The minimum atomic E-state index is -0.592. The number of thiazole rings is 1. The average Bonchev–Trinajstić information content (AvgIpc) is 3.41. The van der Waals surface area contributed by atoms with Gasteiger partial charge in [-0.2, -0.15) is 0 Å². The van der Waals surface area contributed by atoms with Gasteiger partial charge in [-0.05, 0) is 61.9 Å². The monoisotopic (exact) mass is 475 g/mol. The summed E-state index contributed by atoms with van der Waals surface area (Å²) in [6, 6.07) is 16.4. The molecule has 9 heteroatoms. The molecule has 8 nitrogen and oxygen atoms in total. The predicted molar refractivity (Wildman–Crippen MR) is 134 cm³/mol. The normalized spacial score (nSPS) is 10.7. The number of amides is 3. The number of carbonyl (C=O) groups excluding carboxylic acids is 2. The molecule has 4 rings (SSSR count). The number of aromatic nitrogens is 2. The summed E-state index contributed by atoms with van der Waals surface area (Å²) in [7, 11) is 1.65. The van der Waals surface area contributed by atoms with Crippen LogP contribution < -0.4 is 21.1 Å². The Morgan fingerprint density at radius 1 is 1.09 bits per heavy atom. The van der Waals surface area contributed by atoms with Crippen molar-refractivity contribution in [3.8, 4) is 22.7 Å². The van der Waals surface area contributed by atoms with Crippen molar-refractivity contribution >= 4 is 28.4 Å². The van der Waals surface area contributed by atoms with Crippen LogP contribution >= 0.6 is 11.3 Å². The van der Waals surface area contributed by atoms with E-state index < -0.39 is 6.03 Å². The van der Waals surface area contributed by atoms with Gasteiger partial charge in [-0.15, -0.1) is 11.3 Å². The number of ether oxygens (including phenoxy) is 1. The molecule has 2 aromatic heterocycles. The highest BCUT2D eigenvalue weighted by atomic mass is 32.1. The van der Waals surface area contributed by atoms with E-state index in [9.17, 15) is 9.59 Å². The number of benzene rings is 2. The second-order valence-electron chi connectivity index (χ2n) is 7.72. The summed E-state index contributed by atoms with van der Waals surface area (Å²) in [6.07, 6.45) is 0. The van der Waals surface area contributed by atoms with Gasteiger partial charge in [-0.25, -0.2) is 9.78 Å². The molecule has 0 fully saturated rings. The second-order valence-corrected chi connectivity index (χ2v) is 8.58. The second kappa shape index (κ2) is 9.80. The summed E-state index contributed by atoms with van der Waals surface area (Å²) in [4.78, 5) is 28.1. The van der Waals surface area contributed by atoms with Gasteiger partial charge in [0.15, 0.2) is 5.13 Å². The Morgan fingerprint density at radius 3 is 2.44 bits per heavy atom. The topological polar surface area (TPSA) is 111 Å². The van der Waals surface area contributed by atoms with Crippen LogP contribution in [0, 0.1) is 13.8 Å². The van der Waals surface area contributed by atoms with E-state index in [0.717, 1.165) is 39.6 Å². The molecule has 0 radical (unpaired) electrons. The van der Waals surface area contributed by atoms with Gasteiger partial charge in [-0.1, -0.05) is 12.1 Å². The lowest BCUT2D eigenvalue weighted by molar-refractivity contribution is 0.102. The van der Waals surface area contributed by atoms with Gasteiger partial charge in [0.05, 0.1) is 12.8 Å². The third-order valence-corrected chi connectivity index (χ3v) is 6.20. The SMILES string of the molecule is COc1ccc(-n2c(C)cc(-c3csc(NC(=O)c4ccc(CNC(N)=O)cc4)n3)c2C)cc1. The van der Waals surface area contributed by atoms with E-state index in [1.165, 1.54) is 11.3 Å². The Balaban J connectivity index is 1.49. The quantitative estimate of drug-likeness (QED) is 0.361. The van der Waals surface area contributed by atoms with Gasteiger partial charge in [0.1, 0.15) is 5.75 Å². The molecular weight excluding hydrogens is 450 g/mol. The zero-order valence-electron chi connectivity index (χ0n) is 19.1. The third-order valence-electron chi connectivity index (χ3n) is 5.45. The number of aryl methyl sites for hydroxylation is 1. The Bertz CT molecular complexity index is 1320. The van der Waals surface area contributed by atoms with Crippen molar-refractivity contribution < 1.29 is 14.3 Å². The Hall–Kier alpha value is -4.11. The van der Waals surface area contributed by atoms with Crippen molar-refractivity contribution in [2.24, 2.45) is 5.73 Å². The fraction of sp³-hybridized carbons (Fsp3) is 0.160. The first-order chi connectivity index (χ1) is 16.4. The van der Waals surface area contributed by atoms with Crippen LogP contribution in [-0.4, -0.2) is 28.6 Å². The molecule has 2 heterocycles. The summed E-state index contributed by atoms with van der Waals surface area (Å²) in [5.41, 5.74) is 11.4. The minimum Gasteiger partial charge on any atom is -0.497 e. The molecule has 0 aliphatic carbocycles. The van der Waals surface area contributed by atoms with Gasteiger partial charge < -0.3 is 20.4 Å². The molecule has 0 aliphatic rings. The molecule has 0 atom stereocenters. The van der Waals surface area contributed by atoms with Gasteiger partial charge >= 0.3 is 6.03 Å². The van der Waals surface area contributed by atoms with Crippen molar-refractivity contribution in [1.82, 2.24) is 14.9 Å². The molecular formula is C25H25N5O3S. The van der Waals surface area contributed by atoms with Crippen LogP contribution in [0.3, 0.4) is 0 Å². The van der Waals surface area contributed by atoms with Crippen molar-refractivity contribution in [2.75, 3.05) is 12.4 Å². The molecule has 0 saturated carbocycles. The number of carbonyl (C=O) groups is 2. The van der Waals surface area contributed by atoms with Crippen LogP contribution in [0.1, 0.15) is 27.3 Å². The minimum absolute atomic E-state index is 0.251. The molecule has 0 bridgehead atoms. The molecule has 174 valence electrons. The lowest BCUT2D eigenvalue weighted by atomic mass is 10.1. The highest BCUT2D eigenvalue weighted by Crippen LogP contribution is 2.32. The fourth-order valence-corrected chi connectivity index (χ4v) is 4.44. The number of nitrogens with zero attached hydrogens (tertiary/aromatic N) is 2. The molecule has 4 N–H and O–H groups in total. The van der Waals surface area contributed by atoms with Crippen LogP contribution in [0.5, 0.6) is 5.75 Å². The smallest absolute Gasteiger partial charge is 0.312 e. The first-order valence-corrected chi connectivity index (χ1v) is 11.5. The molecule has 0 aliphatic heterocycles. The molecule has 34 heavy (non-hydrogen) atoms. The van der Waals surface area contributed by atoms with E-state index in [4.69, 9.17) is 10.5 Å². The summed E-state index contributed by atoms with van der Waals surface area (Å²) in [5.74, 6) is 0.558. The molecule has 0 unspecified atom stereocenters. The zero-order valence-corrected chi connectivity index (χ0v) is 19.9. The number of nitrogens with two attached hydrogens (primary N) is 1. The van der Waals surface area contributed by atoms with Crippen LogP contribution in [0.4, 0.5) is 9.93 Å². The number of nitrogens with one attached hydrogen (secondary N) is 2. The van der Waals surface area contributed by atoms with Crippen molar-refractivity contribution in [3.05, 3.63) is 82.5 Å². The molecule has 0 spiro atoms. The average molecular weight is 476 g/mol. The Kier molecular flexibility index (Phi) is 6.65. The Labute approximate surface area is 201 Å². The van der Waals surface area contributed by atoms with Crippen LogP contribution in [0.2, 0.25) is 0 Å². The number of hydrogen-bond acceptors (Lipinski definition) is 5. The number of urea groups is 1. The van der Waals surface area contributed by atoms with Crippen molar-refractivity contribution in [3.63, 3.8) is 0 Å². The van der Waals surface area contributed by atoms with Gasteiger partial charge in [0, 0.05) is 40.1 Å². The number of rotatable bonds is 7. The molecule has 0 saturated heterocycles. The standard InChI is InChI=1S/C25H25N5O3S/c1-15-12-21(16(2)30(15)19-8-10-20(33-3)11-9-19)22-14-34-25(28-22)29-23(31)18-6-4-17(5-7-18)13-27-24(26)32/h4-12,14H,13H2,1-3H3,(H3,26,27,32)(H,28,29,31). The van der Waals surface area contributed by atoms with Crippen molar-refractivity contribution in [2.45, 2.75) is 20.4 Å². The zero-order chi connectivity index (χ0) is 24.2. The number of primary amides is 1. The Morgan fingerprint density at radius 2 is 1.79 bits per heavy atom. The van der Waals surface area contributed by atoms with Gasteiger partial charge in [0.25, 0.3) is 5.91 Å². The molecule has 3 amide bonds.